The highest BCUT2D eigenvalue weighted by Crippen LogP contribution is 2.26. The fraction of sp³-hybridized carbons (Fsp3) is 0.238. The second-order valence-electron chi connectivity index (χ2n) is 7.03. The van der Waals surface area contributed by atoms with Gasteiger partial charge in [-0.15, -0.1) is 5.10 Å². The zero-order valence-electron chi connectivity index (χ0n) is 16.9. The van der Waals surface area contributed by atoms with Gasteiger partial charge in [-0.25, -0.2) is 4.98 Å². The quantitative estimate of drug-likeness (QED) is 0.358. The average molecular weight is 523 g/mol. The number of anilines is 1. The van der Waals surface area contributed by atoms with E-state index in [2.05, 4.69) is 41.7 Å². The molecule has 162 valence electrons. The predicted molar refractivity (Wildman–Crippen MR) is 126 cm³/mol. The number of halogens is 2. The van der Waals surface area contributed by atoms with E-state index in [-0.39, 0.29) is 29.5 Å². The Kier molecular flexibility index (Phi) is 8.11. The van der Waals surface area contributed by atoms with Crippen molar-refractivity contribution in [3.8, 4) is 0 Å². The number of thioether (sulfide) groups is 1. The van der Waals surface area contributed by atoms with Crippen LogP contribution in [0.2, 0.25) is 5.02 Å². The lowest BCUT2D eigenvalue weighted by molar-refractivity contribution is -0.113. The van der Waals surface area contributed by atoms with Gasteiger partial charge < -0.3 is 10.6 Å². The monoisotopic (exact) mass is 521 g/mol. The van der Waals surface area contributed by atoms with E-state index in [9.17, 15) is 9.59 Å². The minimum absolute atomic E-state index is 0.0870. The van der Waals surface area contributed by atoms with Gasteiger partial charge in [-0.1, -0.05) is 55.4 Å². The number of hydrogen-bond acceptors (Lipinski definition) is 5. The third kappa shape index (κ3) is 6.56. The lowest BCUT2D eigenvalue weighted by Crippen LogP contribution is -2.32. The molecule has 3 N–H and O–H groups in total. The van der Waals surface area contributed by atoms with Crippen LogP contribution >= 0.6 is 39.3 Å². The van der Waals surface area contributed by atoms with Gasteiger partial charge in [0.25, 0.3) is 5.91 Å². The number of aromatic nitrogens is 3. The van der Waals surface area contributed by atoms with Crippen LogP contribution in [0, 0.1) is 5.92 Å². The molecule has 1 atom stereocenters. The van der Waals surface area contributed by atoms with Gasteiger partial charge in [0.2, 0.25) is 11.1 Å². The fourth-order valence-corrected chi connectivity index (χ4v) is 3.76. The molecule has 0 spiro atoms. The van der Waals surface area contributed by atoms with Gasteiger partial charge in [0, 0.05) is 15.7 Å². The highest BCUT2D eigenvalue weighted by Gasteiger charge is 2.23. The first-order valence-corrected chi connectivity index (χ1v) is 11.6. The molecule has 0 saturated carbocycles. The Bertz CT molecular complexity index is 1060. The van der Waals surface area contributed by atoms with E-state index in [1.807, 2.05) is 32.0 Å². The van der Waals surface area contributed by atoms with Gasteiger partial charge in [0.1, 0.15) is 5.82 Å². The fourth-order valence-electron chi connectivity index (χ4n) is 2.73. The number of amides is 2. The van der Waals surface area contributed by atoms with Gasteiger partial charge in [-0.2, -0.15) is 0 Å². The Hall–Kier alpha value is -2.36. The van der Waals surface area contributed by atoms with Crippen LogP contribution in [0.25, 0.3) is 0 Å². The third-order valence-corrected chi connectivity index (χ3v) is 6.38. The molecule has 1 unspecified atom stereocenters. The zero-order chi connectivity index (χ0) is 22.4. The van der Waals surface area contributed by atoms with Crippen molar-refractivity contribution in [3.05, 3.63) is 69.4 Å². The number of carbonyl (C=O) groups is 2. The predicted octanol–water partition coefficient (Wildman–Crippen LogP) is 5.08. The Morgan fingerprint density at radius 3 is 2.61 bits per heavy atom. The molecule has 7 nitrogen and oxygen atoms in total. The molecule has 31 heavy (non-hydrogen) atoms. The highest BCUT2D eigenvalue weighted by atomic mass is 79.9. The topological polar surface area (TPSA) is 99.8 Å². The standard InChI is InChI=1S/C21H21BrClN5O2S/c1-12(2)18(25-20(30)13-6-4-3-5-7-13)19-26-21(28-27-19)31-11-17(29)24-14-8-9-15(22)16(23)10-14/h3-10,12,18H,11H2,1-2H3,(H,24,29)(H,25,30)(H,26,27,28). The van der Waals surface area contributed by atoms with Crippen LogP contribution in [0.3, 0.4) is 0 Å². The first-order chi connectivity index (χ1) is 14.8. The molecular formula is C21H21BrClN5O2S. The molecule has 0 saturated heterocycles. The summed E-state index contributed by atoms with van der Waals surface area (Å²) in [7, 11) is 0. The number of H-pyrrole nitrogens is 1. The molecule has 3 rings (SSSR count). The first-order valence-electron chi connectivity index (χ1n) is 9.49. The van der Waals surface area contributed by atoms with Crippen LogP contribution < -0.4 is 10.6 Å². The van der Waals surface area contributed by atoms with Crippen molar-refractivity contribution >= 4 is 56.8 Å². The molecule has 3 aromatic rings. The van der Waals surface area contributed by atoms with Crippen molar-refractivity contribution in [1.29, 1.82) is 0 Å². The van der Waals surface area contributed by atoms with Gasteiger partial charge in [-0.3, -0.25) is 14.7 Å². The second-order valence-corrected chi connectivity index (χ2v) is 9.23. The van der Waals surface area contributed by atoms with Gasteiger partial charge in [0.05, 0.1) is 16.8 Å². The lowest BCUT2D eigenvalue weighted by Gasteiger charge is -2.19. The number of rotatable bonds is 8. The summed E-state index contributed by atoms with van der Waals surface area (Å²) in [6, 6.07) is 13.9. The van der Waals surface area contributed by atoms with Crippen molar-refractivity contribution in [2.24, 2.45) is 5.92 Å². The van der Waals surface area contributed by atoms with Crippen LogP contribution in [0.4, 0.5) is 5.69 Å². The molecule has 1 aromatic heterocycles. The average Bonchev–Trinajstić information content (AvgIpc) is 3.22. The molecule has 0 radical (unpaired) electrons. The Morgan fingerprint density at radius 1 is 1.19 bits per heavy atom. The van der Waals surface area contributed by atoms with E-state index in [1.165, 1.54) is 11.8 Å². The van der Waals surface area contributed by atoms with E-state index >= 15 is 0 Å². The molecule has 0 bridgehead atoms. The molecule has 0 aliphatic heterocycles. The molecule has 2 aromatic carbocycles. The van der Waals surface area contributed by atoms with Crippen molar-refractivity contribution in [1.82, 2.24) is 20.5 Å². The van der Waals surface area contributed by atoms with E-state index in [0.717, 1.165) is 4.47 Å². The number of carbonyl (C=O) groups excluding carboxylic acids is 2. The smallest absolute Gasteiger partial charge is 0.251 e. The van der Waals surface area contributed by atoms with E-state index in [4.69, 9.17) is 11.6 Å². The lowest BCUT2D eigenvalue weighted by atomic mass is 10.0. The largest absolute Gasteiger partial charge is 0.342 e. The first kappa shape index (κ1) is 23.3. The minimum atomic E-state index is -0.340. The van der Waals surface area contributed by atoms with Crippen LogP contribution in [0.1, 0.15) is 36.1 Å². The highest BCUT2D eigenvalue weighted by molar-refractivity contribution is 9.10. The third-order valence-electron chi connectivity index (χ3n) is 4.30. The summed E-state index contributed by atoms with van der Waals surface area (Å²) < 4.78 is 0.758. The van der Waals surface area contributed by atoms with E-state index < -0.39 is 0 Å². The molecular weight excluding hydrogens is 502 g/mol. The summed E-state index contributed by atoms with van der Waals surface area (Å²) in [5.74, 6) is 0.379. The maximum absolute atomic E-state index is 12.5. The normalized spacial score (nSPS) is 11.9. The van der Waals surface area contributed by atoms with Crippen molar-refractivity contribution in [2.75, 3.05) is 11.1 Å². The summed E-state index contributed by atoms with van der Waals surface area (Å²) >= 11 is 10.6. The number of nitrogens with one attached hydrogen (secondary N) is 3. The number of aromatic amines is 1. The van der Waals surface area contributed by atoms with Crippen LogP contribution in [-0.4, -0.2) is 32.7 Å². The van der Waals surface area contributed by atoms with E-state index in [1.54, 1.807) is 30.3 Å². The van der Waals surface area contributed by atoms with Crippen LogP contribution in [-0.2, 0) is 4.79 Å². The molecule has 2 amide bonds. The van der Waals surface area contributed by atoms with Crippen LogP contribution in [0.5, 0.6) is 0 Å². The van der Waals surface area contributed by atoms with Crippen molar-refractivity contribution in [3.63, 3.8) is 0 Å². The number of hydrogen-bond donors (Lipinski definition) is 3. The summed E-state index contributed by atoms with van der Waals surface area (Å²) in [4.78, 5) is 29.2. The number of nitrogens with zero attached hydrogens (tertiary/aromatic N) is 2. The summed E-state index contributed by atoms with van der Waals surface area (Å²) in [5, 5.41) is 13.8. The molecule has 1 heterocycles. The Labute approximate surface area is 197 Å². The summed E-state index contributed by atoms with van der Waals surface area (Å²) in [6.07, 6.45) is 0. The zero-order valence-corrected chi connectivity index (χ0v) is 20.0. The van der Waals surface area contributed by atoms with Gasteiger partial charge in [0.15, 0.2) is 0 Å². The second kappa shape index (κ2) is 10.8. The molecule has 10 heteroatoms. The molecule has 0 aliphatic rings. The number of benzene rings is 2. The van der Waals surface area contributed by atoms with Crippen molar-refractivity contribution < 1.29 is 9.59 Å². The summed E-state index contributed by atoms with van der Waals surface area (Å²) in [5.41, 5.74) is 1.19. The van der Waals surface area contributed by atoms with E-state index in [0.29, 0.717) is 27.3 Å². The molecule has 0 aliphatic carbocycles. The molecule has 0 fully saturated rings. The maximum Gasteiger partial charge on any atom is 0.251 e. The SMILES string of the molecule is CC(C)C(NC(=O)c1ccccc1)c1nc(SCC(=O)Nc2ccc(Br)c(Cl)c2)n[nH]1. The van der Waals surface area contributed by atoms with Crippen molar-refractivity contribution in [2.45, 2.75) is 25.0 Å². The van der Waals surface area contributed by atoms with Gasteiger partial charge >= 0.3 is 0 Å². The maximum atomic E-state index is 12.5. The Balaban J connectivity index is 1.59. The Morgan fingerprint density at radius 2 is 1.94 bits per heavy atom. The summed E-state index contributed by atoms with van der Waals surface area (Å²) in [6.45, 7) is 3.98. The minimum Gasteiger partial charge on any atom is -0.342 e. The van der Waals surface area contributed by atoms with Crippen LogP contribution in [0.15, 0.2) is 58.2 Å². The van der Waals surface area contributed by atoms with Gasteiger partial charge in [-0.05, 0) is 52.2 Å².